The first-order valence-corrected chi connectivity index (χ1v) is 7.08. The van der Waals surface area contributed by atoms with Gasteiger partial charge in [0, 0.05) is 23.8 Å². The molecular weight excluding hydrogens is 247 g/mol. The number of pyridine rings is 1. The summed E-state index contributed by atoms with van der Waals surface area (Å²) in [5.74, 6) is 1.57. The Morgan fingerprint density at radius 3 is 2.50 bits per heavy atom. The van der Waals surface area contributed by atoms with E-state index in [1.54, 1.807) is 36.5 Å². The first-order chi connectivity index (χ1) is 8.72. The molecule has 0 aliphatic heterocycles. The molecule has 4 nitrogen and oxygen atoms in total. The van der Waals surface area contributed by atoms with Crippen LogP contribution in [-0.4, -0.2) is 4.98 Å². The zero-order chi connectivity index (χ0) is 12.8. The van der Waals surface area contributed by atoms with Crippen LogP contribution in [0, 0.1) is 0 Å². The highest BCUT2D eigenvalue weighted by Gasteiger charge is 2.20. The van der Waals surface area contributed by atoms with Crippen molar-refractivity contribution in [1.82, 2.24) is 4.98 Å². The zero-order valence-electron chi connectivity index (χ0n) is 9.69. The van der Waals surface area contributed by atoms with E-state index in [9.17, 15) is 4.57 Å². The molecule has 2 rings (SSSR count). The summed E-state index contributed by atoms with van der Waals surface area (Å²) in [6.45, 7) is 3.55. The van der Waals surface area contributed by atoms with E-state index >= 15 is 0 Å². The summed E-state index contributed by atoms with van der Waals surface area (Å²) in [5.41, 5.74) is 0.705. The summed E-state index contributed by atoms with van der Waals surface area (Å²) in [5, 5.41) is 2.83. The van der Waals surface area contributed by atoms with Gasteiger partial charge in [-0.3, -0.25) is 0 Å². The van der Waals surface area contributed by atoms with Crippen molar-refractivity contribution in [2.75, 3.05) is 5.09 Å². The third kappa shape index (κ3) is 3.22. The molecule has 0 spiro atoms. The third-order valence-corrected chi connectivity index (χ3v) is 3.67. The minimum absolute atomic E-state index is 0.296. The fraction of sp³-hybridized carbons (Fsp3) is 0. The Hall–Kier alpha value is -2.06. The molecule has 92 valence electrons. The number of hydrogen-bond acceptors (Lipinski definition) is 3. The molecule has 18 heavy (non-hydrogen) atoms. The number of benzene rings is 1. The number of rotatable bonds is 5. The lowest BCUT2D eigenvalue weighted by Gasteiger charge is -2.17. The Kier molecular flexibility index (Phi) is 3.80. The van der Waals surface area contributed by atoms with Crippen LogP contribution >= 0.6 is 7.52 Å². The van der Waals surface area contributed by atoms with E-state index in [4.69, 9.17) is 4.52 Å². The highest BCUT2D eigenvalue weighted by Crippen LogP contribution is 2.47. The fourth-order valence-electron chi connectivity index (χ4n) is 1.34. The molecule has 0 saturated heterocycles. The SMILES string of the molecule is C=CP(=O)(Nc1ccccc1)Oc1ccccn1. The van der Waals surface area contributed by atoms with Crippen LogP contribution in [0.25, 0.3) is 0 Å². The molecule has 1 aromatic heterocycles. The van der Waals surface area contributed by atoms with Gasteiger partial charge in [0.1, 0.15) is 0 Å². The molecule has 1 unspecified atom stereocenters. The van der Waals surface area contributed by atoms with E-state index in [0.717, 1.165) is 0 Å². The minimum atomic E-state index is -3.19. The van der Waals surface area contributed by atoms with E-state index in [0.29, 0.717) is 11.6 Å². The number of aromatic nitrogens is 1. The van der Waals surface area contributed by atoms with Gasteiger partial charge in [-0.15, -0.1) is 0 Å². The summed E-state index contributed by atoms with van der Waals surface area (Å²) < 4.78 is 17.8. The summed E-state index contributed by atoms with van der Waals surface area (Å²) in [6, 6.07) is 14.3. The minimum Gasteiger partial charge on any atom is -0.408 e. The molecule has 1 atom stereocenters. The molecule has 1 heterocycles. The van der Waals surface area contributed by atoms with Gasteiger partial charge >= 0.3 is 7.52 Å². The average molecular weight is 260 g/mol. The Balaban J connectivity index is 2.16. The standard InChI is InChI=1S/C13H13N2O2P/c1-2-18(16,15-12-8-4-3-5-9-12)17-13-10-6-7-11-14-13/h2-11H,1H2,(H,15,16). The average Bonchev–Trinajstić information content (AvgIpc) is 2.41. The largest absolute Gasteiger partial charge is 0.408 e. The van der Waals surface area contributed by atoms with Crippen molar-refractivity contribution in [3.63, 3.8) is 0 Å². The van der Waals surface area contributed by atoms with Crippen molar-refractivity contribution in [3.05, 3.63) is 67.1 Å². The van der Waals surface area contributed by atoms with E-state index < -0.39 is 7.52 Å². The number of para-hydroxylation sites is 1. The second kappa shape index (κ2) is 5.52. The topological polar surface area (TPSA) is 51.2 Å². The van der Waals surface area contributed by atoms with Crippen molar-refractivity contribution in [3.8, 4) is 5.88 Å². The van der Waals surface area contributed by atoms with Crippen LogP contribution < -0.4 is 9.61 Å². The van der Waals surface area contributed by atoms with Crippen LogP contribution in [-0.2, 0) is 4.57 Å². The molecule has 2 aromatic rings. The van der Waals surface area contributed by atoms with Gasteiger partial charge in [0.05, 0.1) is 0 Å². The van der Waals surface area contributed by atoms with Gasteiger partial charge in [0.15, 0.2) is 0 Å². The summed E-state index contributed by atoms with van der Waals surface area (Å²) >= 11 is 0. The highest BCUT2D eigenvalue weighted by molar-refractivity contribution is 7.64. The molecule has 1 aromatic carbocycles. The molecule has 1 N–H and O–H groups in total. The predicted molar refractivity (Wildman–Crippen MR) is 72.7 cm³/mol. The zero-order valence-corrected chi connectivity index (χ0v) is 10.6. The third-order valence-electron chi connectivity index (χ3n) is 2.17. The van der Waals surface area contributed by atoms with Gasteiger partial charge in [-0.05, 0) is 18.2 Å². The number of anilines is 1. The van der Waals surface area contributed by atoms with Crippen LogP contribution in [0.2, 0.25) is 0 Å². The molecule has 5 heteroatoms. The summed E-state index contributed by atoms with van der Waals surface area (Å²) in [6.07, 6.45) is 1.57. The van der Waals surface area contributed by atoms with Crippen LogP contribution in [0.5, 0.6) is 5.88 Å². The van der Waals surface area contributed by atoms with Crippen LogP contribution in [0.15, 0.2) is 67.1 Å². The Morgan fingerprint density at radius 2 is 1.89 bits per heavy atom. The number of nitrogens with zero attached hydrogens (tertiary/aromatic N) is 1. The second-order valence-corrected chi connectivity index (χ2v) is 5.48. The maximum absolute atomic E-state index is 12.4. The van der Waals surface area contributed by atoms with Gasteiger partial charge in [0.2, 0.25) is 5.88 Å². The molecule has 0 bridgehead atoms. The highest BCUT2D eigenvalue weighted by atomic mass is 31.2. The normalized spacial score (nSPS) is 13.3. The monoisotopic (exact) mass is 260 g/mol. The Morgan fingerprint density at radius 1 is 1.17 bits per heavy atom. The van der Waals surface area contributed by atoms with Gasteiger partial charge in [-0.2, -0.15) is 0 Å². The molecule has 0 amide bonds. The molecule has 0 saturated carbocycles. The maximum Gasteiger partial charge on any atom is 0.365 e. The van der Waals surface area contributed by atoms with Gasteiger partial charge in [-0.25, -0.2) is 9.55 Å². The van der Waals surface area contributed by atoms with Crippen molar-refractivity contribution in [2.45, 2.75) is 0 Å². The van der Waals surface area contributed by atoms with Crippen molar-refractivity contribution in [2.24, 2.45) is 0 Å². The fourth-order valence-corrected chi connectivity index (χ4v) is 2.44. The second-order valence-electron chi connectivity index (χ2n) is 3.52. The van der Waals surface area contributed by atoms with Gasteiger partial charge < -0.3 is 9.61 Å². The molecule has 0 radical (unpaired) electrons. The molecule has 0 aliphatic carbocycles. The van der Waals surface area contributed by atoms with Crippen LogP contribution in [0.4, 0.5) is 5.69 Å². The summed E-state index contributed by atoms with van der Waals surface area (Å²) in [4.78, 5) is 3.97. The summed E-state index contributed by atoms with van der Waals surface area (Å²) in [7, 11) is -3.19. The van der Waals surface area contributed by atoms with Crippen molar-refractivity contribution in [1.29, 1.82) is 0 Å². The lowest BCUT2D eigenvalue weighted by molar-refractivity contribution is 0.487. The Bertz CT molecular complexity index is 512. The smallest absolute Gasteiger partial charge is 0.365 e. The van der Waals surface area contributed by atoms with Gasteiger partial charge in [0.25, 0.3) is 0 Å². The number of nitrogens with one attached hydrogen (secondary N) is 1. The molecule has 0 fully saturated rings. The Labute approximate surface area is 106 Å². The predicted octanol–water partition coefficient (Wildman–Crippen LogP) is 3.91. The lowest BCUT2D eigenvalue weighted by Crippen LogP contribution is -2.02. The molecule has 0 aliphatic rings. The first-order valence-electron chi connectivity index (χ1n) is 5.39. The van der Waals surface area contributed by atoms with Crippen LogP contribution in [0.1, 0.15) is 0 Å². The lowest BCUT2D eigenvalue weighted by atomic mass is 10.3. The van der Waals surface area contributed by atoms with Crippen LogP contribution in [0.3, 0.4) is 0 Å². The molecular formula is C13H13N2O2P. The first kappa shape index (κ1) is 12.4. The number of hydrogen-bond donors (Lipinski definition) is 1. The van der Waals surface area contributed by atoms with E-state index in [1.807, 2.05) is 18.2 Å². The maximum atomic E-state index is 12.4. The quantitative estimate of drug-likeness (QED) is 0.828. The van der Waals surface area contributed by atoms with Crippen molar-refractivity contribution >= 4 is 13.2 Å². The van der Waals surface area contributed by atoms with Crippen molar-refractivity contribution < 1.29 is 9.09 Å². The van der Waals surface area contributed by atoms with E-state index in [2.05, 4.69) is 16.7 Å². The van der Waals surface area contributed by atoms with E-state index in [-0.39, 0.29) is 0 Å². The van der Waals surface area contributed by atoms with Gasteiger partial charge in [-0.1, -0.05) is 30.8 Å². The van der Waals surface area contributed by atoms with E-state index in [1.165, 1.54) is 5.82 Å².